The standard InChI is InChI=1S/C15H11N3O2/c19-18(20)14-9-5-4-8-13(14)17-11-10-16-15(17)12-6-2-1-3-7-12/h1-11H. The van der Waals surface area contributed by atoms with Crippen molar-refractivity contribution in [1.29, 1.82) is 0 Å². The lowest BCUT2D eigenvalue weighted by molar-refractivity contribution is -0.384. The van der Waals surface area contributed by atoms with Gasteiger partial charge in [-0.15, -0.1) is 0 Å². The smallest absolute Gasteiger partial charge is 0.293 e. The van der Waals surface area contributed by atoms with Crippen LogP contribution in [-0.4, -0.2) is 14.5 Å². The van der Waals surface area contributed by atoms with Crippen LogP contribution < -0.4 is 0 Å². The second-order valence-electron chi connectivity index (χ2n) is 4.23. The molecular weight excluding hydrogens is 254 g/mol. The Bertz CT molecular complexity index is 751. The van der Waals surface area contributed by atoms with E-state index in [9.17, 15) is 10.1 Å². The Morgan fingerprint density at radius 2 is 1.70 bits per heavy atom. The number of benzene rings is 2. The van der Waals surface area contributed by atoms with Crippen LogP contribution in [0.25, 0.3) is 17.1 Å². The molecule has 1 heterocycles. The summed E-state index contributed by atoms with van der Waals surface area (Å²) in [5, 5.41) is 11.1. The number of nitrogens with zero attached hydrogens (tertiary/aromatic N) is 3. The maximum Gasteiger partial charge on any atom is 0.293 e. The largest absolute Gasteiger partial charge is 0.294 e. The minimum atomic E-state index is -0.385. The van der Waals surface area contributed by atoms with Crippen LogP contribution in [0.4, 0.5) is 5.69 Å². The van der Waals surface area contributed by atoms with Gasteiger partial charge in [0.15, 0.2) is 0 Å². The summed E-state index contributed by atoms with van der Waals surface area (Å²) < 4.78 is 1.73. The van der Waals surface area contributed by atoms with Crippen LogP contribution >= 0.6 is 0 Å². The van der Waals surface area contributed by atoms with E-state index in [1.54, 1.807) is 35.2 Å². The maximum atomic E-state index is 11.1. The minimum absolute atomic E-state index is 0.0580. The van der Waals surface area contributed by atoms with Crippen molar-refractivity contribution >= 4 is 5.69 Å². The summed E-state index contributed by atoms with van der Waals surface area (Å²) >= 11 is 0. The van der Waals surface area contributed by atoms with Crippen molar-refractivity contribution in [3.8, 4) is 17.1 Å². The van der Waals surface area contributed by atoms with Crippen LogP contribution in [0.1, 0.15) is 0 Å². The number of aromatic nitrogens is 2. The van der Waals surface area contributed by atoms with Crippen LogP contribution in [0.2, 0.25) is 0 Å². The molecule has 0 N–H and O–H groups in total. The Morgan fingerprint density at radius 3 is 2.45 bits per heavy atom. The van der Waals surface area contributed by atoms with Gasteiger partial charge in [-0.25, -0.2) is 4.98 Å². The van der Waals surface area contributed by atoms with E-state index in [-0.39, 0.29) is 10.6 Å². The number of imidazole rings is 1. The number of para-hydroxylation sites is 2. The quantitative estimate of drug-likeness (QED) is 0.538. The molecule has 0 aliphatic heterocycles. The van der Waals surface area contributed by atoms with E-state index in [4.69, 9.17) is 0 Å². The molecule has 3 aromatic rings. The molecule has 3 rings (SSSR count). The third-order valence-corrected chi connectivity index (χ3v) is 3.01. The number of nitro groups is 1. The Morgan fingerprint density at radius 1 is 1.00 bits per heavy atom. The lowest BCUT2D eigenvalue weighted by Gasteiger charge is -2.08. The van der Waals surface area contributed by atoms with Gasteiger partial charge in [0.05, 0.1) is 4.92 Å². The summed E-state index contributed by atoms with van der Waals surface area (Å²) in [4.78, 5) is 15.1. The first-order valence-corrected chi connectivity index (χ1v) is 6.10. The van der Waals surface area contributed by atoms with Crippen molar-refractivity contribution in [3.05, 3.63) is 77.1 Å². The zero-order chi connectivity index (χ0) is 13.9. The minimum Gasteiger partial charge on any atom is -0.294 e. The molecule has 1 aromatic heterocycles. The molecule has 0 aliphatic carbocycles. The summed E-state index contributed by atoms with van der Waals surface area (Å²) in [5.41, 5.74) is 1.48. The first-order chi connectivity index (χ1) is 9.77. The number of rotatable bonds is 3. The van der Waals surface area contributed by atoms with Crippen LogP contribution in [0, 0.1) is 10.1 Å². The van der Waals surface area contributed by atoms with Crippen LogP contribution in [0.15, 0.2) is 67.0 Å². The molecule has 0 fully saturated rings. The first kappa shape index (κ1) is 12.1. The lowest BCUT2D eigenvalue weighted by atomic mass is 10.2. The molecule has 20 heavy (non-hydrogen) atoms. The van der Waals surface area contributed by atoms with Gasteiger partial charge >= 0.3 is 0 Å². The van der Waals surface area contributed by atoms with Gasteiger partial charge in [-0.1, -0.05) is 42.5 Å². The number of hydrogen-bond donors (Lipinski definition) is 0. The lowest BCUT2D eigenvalue weighted by Crippen LogP contribution is -2.01. The van der Waals surface area contributed by atoms with Crippen molar-refractivity contribution in [2.75, 3.05) is 0 Å². The van der Waals surface area contributed by atoms with E-state index < -0.39 is 0 Å². The highest BCUT2D eigenvalue weighted by atomic mass is 16.6. The van der Waals surface area contributed by atoms with Gasteiger partial charge in [0.25, 0.3) is 5.69 Å². The van der Waals surface area contributed by atoms with Crippen LogP contribution in [0.5, 0.6) is 0 Å². The molecule has 98 valence electrons. The molecule has 0 unspecified atom stereocenters. The van der Waals surface area contributed by atoms with Crippen molar-refractivity contribution in [2.24, 2.45) is 0 Å². The third kappa shape index (κ3) is 2.05. The monoisotopic (exact) mass is 265 g/mol. The van der Waals surface area contributed by atoms with Gasteiger partial charge in [-0.2, -0.15) is 0 Å². The predicted octanol–water partition coefficient (Wildman–Crippen LogP) is 3.45. The number of hydrogen-bond acceptors (Lipinski definition) is 3. The second kappa shape index (κ2) is 4.97. The molecule has 2 aromatic carbocycles. The summed E-state index contributed by atoms with van der Waals surface area (Å²) in [5.74, 6) is 0.680. The average Bonchev–Trinajstić information content (AvgIpc) is 2.97. The predicted molar refractivity (Wildman–Crippen MR) is 75.7 cm³/mol. The molecule has 0 atom stereocenters. The van der Waals surface area contributed by atoms with E-state index in [0.717, 1.165) is 5.56 Å². The summed E-state index contributed by atoms with van der Waals surface area (Å²) in [6, 6.07) is 16.2. The zero-order valence-electron chi connectivity index (χ0n) is 10.5. The van der Waals surface area contributed by atoms with Crippen molar-refractivity contribution < 1.29 is 4.92 Å². The molecule has 0 saturated heterocycles. The van der Waals surface area contributed by atoms with Crippen LogP contribution in [-0.2, 0) is 0 Å². The fourth-order valence-electron chi connectivity index (χ4n) is 2.12. The molecule has 0 amide bonds. The molecule has 0 spiro atoms. The normalized spacial score (nSPS) is 10.4. The Hall–Kier alpha value is -2.95. The zero-order valence-corrected chi connectivity index (χ0v) is 10.5. The van der Waals surface area contributed by atoms with Crippen molar-refractivity contribution in [1.82, 2.24) is 9.55 Å². The summed E-state index contributed by atoms with van der Waals surface area (Å²) in [6.45, 7) is 0. The van der Waals surface area contributed by atoms with Gasteiger partial charge in [-0.3, -0.25) is 14.7 Å². The number of nitro benzene ring substituents is 1. The molecule has 5 nitrogen and oxygen atoms in total. The molecule has 5 heteroatoms. The van der Waals surface area contributed by atoms with Gasteiger partial charge in [0, 0.05) is 24.0 Å². The summed E-state index contributed by atoms with van der Waals surface area (Å²) in [7, 11) is 0. The van der Waals surface area contributed by atoms with Gasteiger partial charge in [-0.05, 0) is 6.07 Å². The first-order valence-electron chi connectivity index (χ1n) is 6.10. The maximum absolute atomic E-state index is 11.1. The third-order valence-electron chi connectivity index (χ3n) is 3.01. The second-order valence-corrected chi connectivity index (χ2v) is 4.23. The fraction of sp³-hybridized carbons (Fsp3) is 0. The SMILES string of the molecule is O=[N+]([O-])c1ccccc1-n1ccnc1-c1ccccc1. The molecule has 0 aliphatic rings. The van der Waals surface area contributed by atoms with E-state index in [1.165, 1.54) is 6.07 Å². The van der Waals surface area contributed by atoms with E-state index >= 15 is 0 Å². The van der Waals surface area contributed by atoms with Gasteiger partial charge in [0.2, 0.25) is 0 Å². The van der Waals surface area contributed by atoms with E-state index in [0.29, 0.717) is 11.5 Å². The molecule has 0 saturated carbocycles. The van der Waals surface area contributed by atoms with E-state index in [1.807, 2.05) is 30.3 Å². The van der Waals surface area contributed by atoms with Crippen molar-refractivity contribution in [2.45, 2.75) is 0 Å². The van der Waals surface area contributed by atoms with Crippen molar-refractivity contribution in [3.63, 3.8) is 0 Å². The highest BCUT2D eigenvalue weighted by Crippen LogP contribution is 2.27. The van der Waals surface area contributed by atoms with Crippen LogP contribution in [0.3, 0.4) is 0 Å². The van der Waals surface area contributed by atoms with Gasteiger partial charge in [0.1, 0.15) is 11.5 Å². The van der Waals surface area contributed by atoms with Gasteiger partial charge < -0.3 is 0 Å². The van der Waals surface area contributed by atoms with E-state index in [2.05, 4.69) is 4.98 Å². The fourth-order valence-corrected chi connectivity index (χ4v) is 2.12. The average molecular weight is 265 g/mol. The topological polar surface area (TPSA) is 61.0 Å². The molecular formula is C15H11N3O2. The summed E-state index contributed by atoms with van der Waals surface area (Å²) in [6.07, 6.45) is 3.36. The highest BCUT2D eigenvalue weighted by Gasteiger charge is 2.17. The Kier molecular flexibility index (Phi) is 3.01. The highest BCUT2D eigenvalue weighted by molar-refractivity contribution is 5.62. The molecule has 0 radical (unpaired) electrons. The Balaban J connectivity index is 2.18. The molecule has 0 bridgehead atoms. The Labute approximate surface area is 115 Å².